The Balaban J connectivity index is 1.97. The molecule has 1 N–H and O–H groups in total. The van der Waals surface area contributed by atoms with Gasteiger partial charge in [-0.1, -0.05) is 33.6 Å². The lowest BCUT2D eigenvalue weighted by molar-refractivity contribution is 0.129. The second-order valence-corrected chi connectivity index (χ2v) is 6.88. The summed E-state index contributed by atoms with van der Waals surface area (Å²) in [5.74, 6) is 0.791. The third-order valence-electron chi connectivity index (χ3n) is 4.53. The van der Waals surface area contributed by atoms with Crippen LogP contribution in [-0.4, -0.2) is 15.8 Å². The molecular weight excluding hydrogens is 234 g/mol. The van der Waals surface area contributed by atoms with Gasteiger partial charge in [0.1, 0.15) is 0 Å². The fourth-order valence-electron chi connectivity index (χ4n) is 3.44. The molecule has 0 bridgehead atoms. The molecule has 1 heterocycles. The Kier molecular flexibility index (Phi) is 4.67. The number of hydrogen-bond acceptors (Lipinski definition) is 2. The van der Waals surface area contributed by atoms with Crippen LogP contribution < -0.4 is 5.32 Å². The molecule has 0 aromatic carbocycles. The van der Waals surface area contributed by atoms with Gasteiger partial charge in [0.2, 0.25) is 0 Å². The molecular formula is C16H29N3. The minimum Gasteiger partial charge on any atom is -0.308 e. The zero-order valence-corrected chi connectivity index (χ0v) is 12.9. The van der Waals surface area contributed by atoms with Crippen molar-refractivity contribution in [3.05, 3.63) is 18.0 Å². The fourth-order valence-corrected chi connectivity index (χ4v) is 3.44. The van der Waals surface area contributed by atoms with Crippen molar-refractivity contribution in [1.82, 2.24) is 15.1 Å². The topological polar surface area (TPSA) is 29.9 Å². The third-order valence-corrected chi connectivity index (χ3v) is 4.53. The Morgan fingerprint density at radius 3 is 2.74 bits per heavy atom. The van der Waals surface area contributed by atoms with Crippen molar-refractivity contribution >= 4 is 0 Å². The van der Waals surface area contributed by atoms with Crippen LogP contribution in [0.3, 0.4) is 0 Å². The second-order valence-electron chi connectivity index (χ2n) is 6.88. The number of rotatable bonds is 4. The largest absolute Gasteiger partial charge is 0.308 e. The maximum atomic E-state index is 4.34. The first-order valence-electron chi connectivity index (χ1n) is 7.76. The fraction of sp³-hybridized carbons (Fsp3) is 0.812. The summed E-state index contributed by atoms with van der Waals surface area (Å²) < 4.78 is 2.09. The molecule has 108 valence electrons. The van der Waals surface area contributed by atoms with E-state index in [1.807, 2.05) is 6.20 Å². The van der Waals surface area contributed by atoms with Crippen LogP contribution in [0.25, 0.3) is 0 Å². The summed E-state index contributed by atoms with van der Waals surface area (Å²) in [5, 5.41) is 8.14. The standard InChI is InChI=1S/C16H29N3/c1-5-19-13(10-11-18-19)12-17-15-9-7-6-8-14(15)16(2,3)4/h10-11,14-15,17H,5-9,12H2,1-4H3. The highest BCUT2D eigenvalue weighted by atomic mass is 15.3. The van der Waals surface area contributed by atoms with Crippen LogP contribution in [0.15, 0.2) is 12.3 Å². The lowest BCUT2D eigenvalue weighted by Gasteiger charge is -2.41. The van der Waals surface area contributed by atoms with Crippen LogP contribution in [-0.2, 0) is 13.1 Å². The van der Waals surface area contributed by atoms with Gasteiger partial charge in [-0.15, -0.1) is 0 Å². The van der Waals surface area contributed by atoms with Gasteiger partial charge in [-0.2, -0.15) is 5.10 Å². The molecule has 19 heavy (non-hydrogen) atoms. The first-order valence-corrected chi connectivity index (χ1v) is 7.76. The van der Waals surface area contributed by atoms with Crippen molar-refractivity contribution in [2.24, 2.45) is 11.3 Å². The van der Waals surface area contributed by atoms with Gasteiger partial charge in [0.25, 0.3) is 0 Å². The highest BCUT2D eigenvalue weighted by Crippen LogP contribution is 2.38. The summed E-state index contributed by atoms with van der Waals surface area (Å²) in [6, 6.07) is 2.79. The van der Waals surface area contributed by atoms with Crippen LogP contribution in [0.5, 0.6) is 0 Å². The minimum absolute atomic E-state index is 0.406. The predicted molar refractivity (Wildman–Crippen MR) is 79.9 cm³/mol. The molecule has 1 aliphatic rings. The predicted octanol–water partition coefficient (Wildman–Crippen LogP) is 3.60. The number of nitrogens with one attached hydrogen (secondary N) is 1. The van der Waals surface area contributed by atoms with Crippen LogP contribution in [0.2, 0.25) is 0 Å². The van der Waals surface area contributed by atoms with E-state index in [9.17, 15) is 0 Å². The molecule has 0 aliphatic heterocycles. The van der Waals surface area contributed by atoms with Gasteiger partial charge in [0.05, 0.1) is 5.69 Å². The first kappa shape index (κ1) is 14.6. The van der Waals surface area contributed by atoms with E-state index in [0.29, 0.717) is 11.5 Å². The smallest absolute Gasteiger partial charge is 0.0522 e. The van der Waals surface area contributed by atoms with Gasteiger partial charge in [-0.3, -0.25) is 4.68 Å². The Bertz CT molecular complexity index is 389. The molecule has 0 radical (unpaired) electrons. The summed E-state index contributed by atoms with van der Waals surface area (Å²) in [7, 11) is 0. The summed E-state index contributed by atoms with van der Waals surface area (Å²) in [6.07, 6.45) is 7.36. The lowest BCUT2D eigenvalue weighted by atomic mass is 9.69. The molecule has 1 aliphatic carbocycles. The maximum Gasteiger partial charge on any atom is 0.0522 e. The van der Waals surface area contributed by atoms with Crippen molar-refractivity contribution in [1.29, 1.82) is 0 Å². The first-order chi connectivity index (χ1) is 9.02. The van der Waals surface area contributed by atoms with Gasteiger partial charge in [0, 0.05) is 25.3 Å². The lowest BCUT2D eigenvalue weighted by Crippen LogP contribution is -2.44. The molecule has 1 aromatic heterocycles. The van der Waals surface area contributed by atoms with E-state index in [2.05, 4.69) is 48.9 Å². The van der Waals surface area contributed by atoms with Crippen LogP contribution >= 0.6 is 0 Å². The van der Waals surface area contributed by atoms with Gasteiger partial charge < -0.3 is 5.32 Å². The molecule has 2 rings (SSSR count). The minimum atomic E-state index is 0.406. The average Bonchev–Trinajstić information content (AvgIpc) is 2.83. The molecule has 0 saturated heterocycles. The zero-order chi connectivity index (χ0) is 13.9. The molecule has 3 heteroatoms. The molecule has 0 spiro atoms. The van der Waals surface area contributed by atoms with Crippen molar-refractivity contribution in [2.75, 3.05) is 0 Å². The van der Waals surface area contributed by atoms with Crippen molar-refractivity contribution < 1.29 is 0 Å². The maximum absolute atomic E-state index is 4.34. The quantitative estimate of drug-likeness (QED) is 0.899. The van der Waals surface area contributed by atoms with Gasteiger partial charge in [0.15, 0.2) is 0 Å². The highest BCUT2D eigenvalue weighted by Gasteiger charge is 2.33. The van der Waals surface area contributed by atoms with E-state index >= 15 is 0 Å². The van der Waals surface area contributed by atoms with Crippen molar-refractivity contribution in [3.63, 3.8) is 0 Å². The number of nitrogens with zero attached hydrogens (tertiary/aromatic N) is 2. The molecule has 2 unspecified atom stereocenters. The van der Waals surface area contributed by atoms with E-state index in [4.69, 9.17) is 0 Å². The Labute approximate surface area is 117 Å². The summed E-state index contributed by atoms with van der Waals surface area (Å²) in [4.78, 5) is 0. The third kappa shape index (κ3) is 3.59. The van der Waals surface area contributed by atoms with Gasteiger partial charge in [-0.05, 0) is 37.2 Å². The van der Waals surface area contributed by atoms with E-state index in [-0.39, 0.29) is 0 Å². The average molecular weight is 263 g/mol. The zero-order valence-electron chi connectivity index (χ0n) is 12.9. The van der Waals surface area contributed by atoms with Gasteiger partial charge in [-0.25, -0.2) is 0 Å². The summed E-state index contributed by atoms with van der Waals surface area (Å²) in [5.41, 5.74) is 1.71. The molecule has 1 saturated carbocycles. The van der Waals surface area contributed by atoms with Crippen molar-refractivity contribution in [3.8, 4) is 0 Å². The van der Waals surface area contributed by atoms with E-state index in [0.717, 1.165) is 19.0 Å². The molecule has 3 nitrogen and oxygen atoms in total. The SMILES string of the molecule is CCn1nccc1CNC1CCCCC1C(C)(C)C. The molecule has 0 amide bonds. The number of aromatic nitrogens is 2. The van der Waals surface area contributed by atoms with E-state index in [1.54, 1.807) is 0 Å². The van der Waals surface area contributed by atoms with Crippen LogP contribution in [0.1, 0.15) is 59.1 Å². The number of aryl methyl sites for hydroxylation is 1. The van der Waals surface area contributed by atoms with Gasteiger partial charge >= 0.3 is 0 Å². The van der Waals surface area contributed by atoms with E-state index < -0.39 is 0 Å². The summed E-state index contributed by atoms with van der Waals surface area (Å²) >= 11 is 0. The molecule has 2 atom stereocenters. The molecule has 1 aromatic rings. The Morgan fingerprint density at radius 2 is 2.05 bits per heavy atom. The number of hydrogen-bond donors (Lipinski definition) is 1. The molecule has 1 fully saturated rings. The van der Waals surface area contributed by atoms with Crippen LogP contribution in [0, 0.1) is 11.3 Å². The van der Waals surface area contributed by atoms with Crippen LogP contribution in [0.4, 0.5) is 0 Å². The normalized spacial score (nSPS) is 24.6. The Morgan fingerprint density at radius 1 is 1.32 bits per heavy atom. The highest BCUT2D eigenvalue weighted by molar-refractivity contribution is 5.01. The Hall–Kier alpha value is -0.830. The second kappa shape index (κ2) is 6.08. The van der Waals surface area contributed by atoms with Crippen molar-refractivity contribution in [2.45, 2.75) is 72.5 Å². The summed E-state index contributed by atoms with van der Waals surface area (Å²) in [6.45, 7) is 11.2. The monoisotopic (exact) mass is 263 g/mol. The van der Waals surface area contributed by atoms with E-state index in [1.165, 1.54) is 31.4 Å².